The van der Waals surface area contributed by atoms with Gasteiger partial charge in [-0.1, -0.05) is 26.0 Å². The minimum absolute atomic E-state index is 0.0812. The largest absolute Gasteiger partial charge is 0.425 e. The van der Waals surface area contributed by atoms with Gasteiger partial charge in [-0.3, -0.25) is 9.59 Å². The maximum absolute atomic E-state index is 12.4. The molecule has 2 aromatic heterocycles. The fourth-order valence-corrected chi connectivity index (χ4v) is 2.27. The third-order valence-corrected chi connectivity index (χ3v) is 3.51. The average Bonchev–Trinajstić information content (AvgIpc) is 2.91. The van der Waals surface area contributed by atoms with E-state index in [1.807, 2.05) is 0 Å². The highest BCUT2D eigenvalue weighted by atomic mass is 16.5. The Morgan fingerprint density at radius 2 is 1.95 bits per heavy atom. The molecule has 0 saturated heterocycles. The smallest absolute Gasteiger partial charge is 0.302 e. The second kappa shape index (κ2) is 5.67. The van der Waals surface area contributed by atoms with Gasteiger partial charge in [0.1, 0.15) is 11.0 Å². The van der Waals surface area contributed by atoms with Gasteiger partial charge in [0.25, 0.3) is 5.91 Å². The second-order valence-corrected chi connectivity index (χ2v) is 5.68. The summed E-state index contributed by atoms with van der Waals surface area (Å²) < 4.78 is 11.0. The third kappa shape index (κ3) is 2.62. The van der Waals surface area contributed by atoms with Crippen LogP contribution in [0.2, 0.25) is 0 Å². The molecule has 0 bridgehead atoms. The molecule has 0 atom stereocenters. The summed E-state index contributed by atoms with van der Waals surface area (Å²) in [7, 11) is 0. The van der Waals surface area contributed by atoms with E-state index in [1.54, 1.807) is 24.3 Å². The summed E-state index contributed by atoms with van der Waals surface area (Å²) in [6.07, 6.45) is 0.882. The molecule has 0 saturated carbocycles. The highest BCUT2D eigenvalue weighted by Gasteiger charge is 2.17. The van der Waals surface area contributed by atoms with Crippen molar-refractivity contribution in [2.24, 2.45) is 5.92 Å². The Bertz CT molecular complexity index is 888. The van der Waals surface area contributed by atoms with Crippen molar-refractivity contribution in [3.8, 4) is 0 Å². The first-order valence-electron chi connectivity index (χ1n) is 7.30. The van der Waals surface area contributed by atoms with E-state index in [0.717, 1.165) is 6.42 Å². The van der Waals surface area contributed by atoms with E-state index >= 15 is 0 Å². The van der Waals surface area contributed by atoms with Gasteiger partial charge >= 0.3 is 5.78 Å². The fraction of sp³-hybridized carbons (Fsp3) is 0.294. The van der Waals surface area contributed by atoms with Crippen LogP contribution in [0.25, 0.3) is 22.1 Å². The summed E-state index contributed by atoms with van der Waals surface area (Å²) in [5, 5.41) is 3.54. The highest BCUT2D eigenvalue weighted by Crippen LogP contribution is 2.21. The summed E-state index contributed by atoms with van der Waals surface area (Å²) in [5.74, 6) is 0.340. The lowest BCUT2D eigenvalue weighted by atomic mass is 10.1. The van der Waals surface area contributed by atoms with Crippen LogP contribution in [0.3, 0.4) is 0 Å². The van der Waals surface area contributed by atoms with Crippen LogP contribution in [0, 0.1) is 5.92 Å². The second-order valence-electron chi connectivity index (χ2n) is 5.68. The average molecular weight is 299 g/mol. The molecule has 0 aliphatic carbocycles. The van der Waals surface area contributed by atoms with Crippen LogP contribution < -0.4 is 10.7 Å². The number of nitrogens with one attached hydrogen (secondary N) is 1. The summed E-state index contributed by atoms with van der Waals surface area (Å²) in [6, 6.07) is 8.37. The van der Waals surface area contributed by atoms with Gasteiger partial charge in [0.05, 0.1) is 5.39 Å². The zero-order chi connectivity index (χ0) is 15.7. The minimum Gasteiger partial charge on any atom is -0.425 e. The molecular weight excluding hydrogens is 282 g/mol. The van der Waals surface area contributed by atoms with Gasteiger partial charge in [0.2, 0.25) is 5.43 Å². The quantitative estimate of drug-likeness (QED) is 0.802. The molecule has 3 aromatic rings. The third-order valence-electron chi connectivity index (χ3n) is 3.51. The molecule has 3 rings (SSSR count). The van der Waals surface area contributed by atoms with Crippen molar-refractivity contribution in [3.05, 3.63) is 46.3 Å². The molecule has 1 N–H and O–H groups in total. The molecule has 0 aliphatic heterocycles. The Kier molecular flexibility index (Phi) is 3.71. The van der Waals surface area contributed by atoms with Gasteiger partial charge in [-0.05, 0) is 24.5 Å². The van der Waals surface area contributed by atoms with Gasteiger partial charge in [-0.15, -0.1) is 0 Å². The molecule has 0 fully saturated rings. The van der Waals surface area contributed by atoms with Gasteiger partial charge in [0, 0.05) is 12.6 Å². The molecule has 5 heteroatoms. The first kappa shape index (κ1) is 14.4. The predicted octanol–water partition coefficient (Wildman–Crippen LogP) is 3.32. The summed E-state index contributed by atoms with van der Waals surface area (Å²) >= 11 is 0. The van der Waals surface area contributed by atoms with Gasteiger partial charge in [-0.25, -0.2) is 0 Å². The van der Waals surface area contributed by atoms with Gasteiger partial charge < -0.3 is 14.2 Å². The SMILES string of the molecule is CC(C)CCNC(=O)c1cc2c(=O)c3ccccc3oc2o1. The Morgan fingerprint density at radius 1 is 1.18 bits per heavy atom. The molecule has 0 radical (unpaired) electrons. The molecule has 1 amide bonds. The van der Waals surface area contributed by atoms with E-state index in [9.17, 15) is 9.59 Å². The summed E-state index contributed by atoms with van der Waals surface area (Å²) in [4.78, 5) is 24.4. The zero-order valence-corrected chi connectivity index (χ0v) is 12.5. The van der Waals surface area contributed by atoms with E-state index in [-0.39, 0.29) is 28.3 Å². The van der Waals surface area contributed by atoms with E-state index in [0.29, 0.717) is 23.4 Å². The van der Waals surface area contributed by atoms with Crippen molar-refractivity contribution in [1.29, 1.82) is 0 Å². The topological polar surface area (TPSA) is 72.5 Å². The molecule has 114 valence electrons. The number of amides is 1. The Morgan fingerprint density at radius 3 is 2.73 bits per heavy atom. The number of furan rings is 1. The molecule has 0 unspecified atom stereocenters. The van der Waals surface area contributed by atoms with E-state index in [4.69, 9.17) is 8.83 Å². The molecule has 1 aromatic carbocycles. The Hall–Kier alpha value is -2.56. The Balaban J connectivity index is 1.96. The first-order valence-corrected chi connectivity index (χ1v) is 7.30. The lowest BCUT2D eigenvalue weighted by molar-refractivity contribution is 0.0924. The predicted molar refractivity (Wildman–Crippen MR) is 84.0 cm³/mol. The fourth-order valence-electron chi connectivity index (χ4n) is 2.27. The number of fused-ring (bicyclic) bond motifs is 2. The maximum atomic E-state index is 12.4. The van der Waals surface area contributed by atoms with Crippen molar-refractivity contribution in [3.63, 3.8) is 0 Å². The minimum atomic E-state index is -0.337. The molecule has 0 aliphatic rings. The first-order chi connectivity index (χ1) is 10.6. The van der Waals surface area contributed by atoms with E-state index in [2.05, 4.69) is 19.2 Å². The number of hydrogen-bond donors (Lipinski definition) is 1. The van der Waals surface area contributed by atoms with E-state index in [1.165, 1.54) is 6.07 Å². The Labute approximate surface area is 126 Å². The normalized spacial score (nSPS) is 11.4. The van der Waals surface area contributed by atoms with E-state index < -0.39 is 0 Å². The lowest BCUT2D eigenvalue weighted by Gasteiger charge is -2.04. The zero-order valence-electron chi connectivity index (χ0n) is 12.5. The number of benzene rings is 1. The van der Waals surface area contributed by atoms with Crippen molar-refractivity contribution in [2.75, 3.05) is 6.54 Å². The van der Waals surface area contributed by atoms with Crippen LogP contribution >= 0.6 is 0 Å². The van der Waals surface area contributed by atoms with Crippen LogP contribution in [0.5, 0.6) is 0 Å². The van der Waals surface area contributed by atoms with Crippen molar-refractivity contribution in [2.45, 2.75) is 20.3 Å². The summed E-state index contributed by atoms with van der Waals surface area (Å²) in [5.41, 5.74) is 0.253. The molecule has 2 heterocycles. The number of rotatable bonds is 4. The van der Waals surface area contributed by atoms with Crippen LogP contribution in [0.1, 0.15) is 30.8 Å². The summed E-state index contributed by atoms with van der Waals surface area (Å²) in [6.45, 7) is 4.74. The molecule has 5 nitrogen and oxygen atoms in total. The molecular formula is C17H17NO4. The van der Waals surface area contributed by atoms with Crippen LogP contribution in [-0.2, 0) is 0 Å². The number of carbonyl (C=O) groups is 1. The van der Waals surface area contributed by atoms with Gasteiger partial charge in [-0.2, -0.15) is 0 Å². The van der Waals surface area contributed by atoms with Crippen LogP contribution in [0.15, 0.2) is 44.0 Å². The van der Waals surface area contributed by atoms with Crippen molar-refractivity contribution >= 4 is 28.0 Å². The highest BCUT2D eigenvalue weighted by molar-refractivity contribution is 5.97. The standard InChI is InChI=1S/C17H17NO4/c1-10(2)7-8-18-16(20)14-9-12-15(19)11-5-3-4-6-13(11)21-17(12)22-14/h3-6,9-10H,7-8H2,1-2H3,(H,18,20). The molecule has 22 heavy (non-hydrogen) atoms. The van der Waals surface area contributed by atoms with Crippen LogP contribution in [0.4, 0.5) is 0 Å². The number of para-hydroxylation sites is 1. The van der Waals surface area contributed by atoms with Crippen LogP contribution in [-0.4, -0.2) is 12.5 Å². The monoisotopic (exact) mass is 299 g/mol. The van der Waals surface area contributed by atoms with Crippen molar-refractivity contribution < 1.29 is 13.6 Å². The van der Waals surface area contributed by atoms with Gasteiger partial charge in [0.15, 0.2) is 5.76 Å². The number of carbonyl (C=O) groups excluding carboxylic acids is 1. The molecule has 0 spiro atoms. The lowest BCUT2D eigenvalue weighted by Crippen LogP contribution is -2.24. The van der Waals surface area contributed by atoms with Crippen molar-refractivity contribution in [1.82, 2.24) is 5.32 Å². The number of hydrogen-bond acceptors (Lipinski definition) is 4. The maximum Gasteiger partial charge on any atom is 0.302 e.